The van der Waals surface area contributed by atoms with Crippen LogP contribution in [0.1, 0.15) is 44.6 Å². The second-order valence-electron chi connectivity index (χ2n) is 6.47. The van der Waals surface area contributed by atoms with Gasteiger partial charge in [0.25, 0.3) is 0 Å². The summed E-state index contributed by atoms with van der Waals surface area (Å²) in [5.41, 5.74) is 1.25. The van der Waals surface area contributed by atoms with E-state index in [1.54, 1.807) is 7.05 Å². The van der Waals surface area contributed by atoms with Crippen LogP contribution in [0.25, 0.3) is 0 Å². The summed E-state index contributed by atoms with van der Waals surface area (Å²) >= 11 is 0. The monoisotopic (exact) mass is 318 g/mol. The molecule has 1 aromatic carbocycles. The predicted molar refractivity (Wildman–Crippen MR) is 89.5 cm³/mol. The molecule has 1 saturated carbocycles. The molecule has 5 heteroatoms. The molecule has 1 atom stereocenters. The molecule has 5 nitrogen and oxygen atoms in total. The van der Waals surface area contributed by atoms with Crippen LogP contribution >= 0.6 is 0 Å². The van der Waals surface area contributed by atoms with E-state index in [0.29, 0.717) is 0 Å². The summed E-state index contributed by atoms with van der Waals surface area (Å²) in [5, 5.41) is 11.8. The van der Waals surface area contributed by atoms with Gasteiger partial charge < -0.3 is 15.3 Å². The largest absolute Gasteiger partial charge is 0.481 e. The van der Waals surface area contributed by atoms with Crippen molar-refractivity contribution in [1.29, 1.82) is 0 Å². The number of carbonyl (C=O) groups is 2. The molecule has 1 unspecified atom stereocenters. The first-order chi connectivity index (χ1) is 11.0. The molecule has 0 heterocycles. The van der Waals surface area contributed by atoms with Gasteiger partial charge in [0.2, 0.25) is 0 Å². The van der Waals surface area contributed by atoms with Crippen LogP contribution in [-0.4, -0.2) is 41.6 Å². The van der Waals surface area contributed by atoms with Crippen LogP contribution in [0.2, 0.25) is 0 Å². The number of amides is 2. The van der Waals surface area contributed by atoms with E-state index >= 15 is 0 Å². The number of carboxylic acid groups (broad SMARTS) is 1. The van der Waals surface area contributed by atoms with Crippen molar-refractivity contribution in [2.45, 2.75) is 50.5 Å². The number of carboxylic acids is 1. The minimum Gasteiger partial charge on any atom is -0.481 e. The quantitative estimate of drug-likeness (QED) is 0.847. The maximum absolute atomic E-state index is 12.3. The Labute approximate surface area is 137 Å². The van der Waals surface area contributed by atoms with Crippen molar-refractivity contribution in [3.05, 3.63) is 35.9 Å². The summed E-state index contributed by atoms with van der Waals surface area (Å²) in [6.45, 7) is 2.27. The van der Waals surface area contributed by atoms with Crippen molar-refractivity contribution in [3.8, 4) is 0 Å². The van der Waals surface area contributed by atoms with E-state index in [-0.39, 0.29) is 30.5 Å². The zero-order valence-electron chi connectivity index (χ0n) is 13.9. The van der Waals surface area contributed by atoms with Crippen LogP contribution in [0.4, 0.5) is 4.79 Å². The second kappa shape index (κ2) is 7.49. The van der Waals surface area contributed by atoms with Gasteiger partial charge in [0, 0.05) is 25.0 Å². The summed E-state index contributed by atoms with van der Waals surface area (Å²) in [6, 6.07) is 10.2. The predicted octanol–water partition coefficient (Wildman–Crippen LogP) is 3.00. The van der Waals surface area contributed by atoms with E-state index in [2.05, 4.69) is 24.4 Å². The van der Waals surface area contributed by atoms with Gasteiger partial charge in [-0.1, -0.05) is 43.2 Å². The number of rotatable bonds is 6. The lowest BCUT2D eigenvalue weighted by atomic mass is 9.73. The molecule has 0 aromatic heterocycles. The van der Waals surface area contributed by atoms with Crippen molar-refractivity contribution in [3.63, 3.8) is 0 Å². The zero-order chi connectivity index (χ0) is 16.9. The Balaban J connectivity index is 2.06. The fraction of sp³-hybridized carbons (Fsp3) is 0.556. The van der Waals surface area contributed by atoms with E-state index in [0.717, 1.165) is 12.8 Å². The highest BCUT2D eigenvalue weighted by molar-refractivity contribution is 5.75. The highest BCUT2D eigenvalue weighted by Crippen LogP contribution is 2.43. The molecule has 23 heavy (non-hydrogen) atoms. The second-order valence-corrected chi connectivity index (χ2v) is 6.47. The number of nitrogens with one attached hydrogen (secondary N) is 1. The summed E-state index contributed by atoms with van der Waals surface area (Å²) in [6.07, 6.45) is 4.44. The third kappa shape index (κ3) is 4.03. The van der Waals surface area contributed by atoms with E-state index < -0.39 is 5.97 Å². The molecular weight excluding hydrogens is 292 g/mol. The number of hydrogen-bond donors (Lipinski definition) is 2. The lowest BCUT2D eigenvalue weighted by Gasteiger charge is -2.37. The van der Waals surface area contributed by atoms with Crippen molar-refractivity contribution < 1.29 is 14.7 Å². The van der Waals surface area contributed by atoms with Gasteiger partial charge in [-0.2, -0.15) is 0 Å². The molecule has 126 valence electrons. The van der Waals surface area contributed by atoms with Crippen LogP contribution in [0.15, 0.2) is 30.3 Å². The van der Waals surface area contributed by atoms with Gasteiger partial charge >= 0.3 is 12.0 Å². The van der Waals surface area contributed by atoms with Crippen LogP contribution in [0.5, 0.6) is 0 Å². The summed E-state index contributed by atoms with van der Waals surface area (Å²) < 4.78 is 0. The number of aliphatic carboxylic acids is 1. The molecule has 1 aliphatic carbocycles. The van der Waals surface area contributed by atoms with Crippen LogP contribution in [0.3, 0.4) is 0 Å². The molecule has 1 aromatic rings. The normalized spacial score (nSPS) is 17.5. The Morgan fingerprint density at radius 3 is 2.43 bits per heavy atom. The van der Waals surface area contributed by atoms with Gasteiger partial charge in [0.1, 0.15) is 0 Å². The van der Waals surface area contributed by atoms with E-state index in [9.17, 15) is 9.59 Å². The minimum atomic E-state index is -0.894. The van der Waals surface area contributed by atoms with Crippen molar-refractivity contribution in [2.24, 2.45) is 0 Å². The maximum atomic E-state index is 12.3. The standard InChI is InChI=1S/C18H26N2O3/c1-14(19-17(23)20(2)13-10-16(21)22)18(11-6-7-12-18)15-8-4-3-5-9-15/h3-5,8-9,14H,6-7,10-13H2,1-2H3,(H,19,23)(H,21,22). The molecule has 0 bridgehead atoms. The number of nitrogens with zero attached hydrogens (tertiary/aromatic N) is 1. The van der Waals surface area contributed by atoms with Gasteiger partial charge in [0.15, 0.2) is 0 Å². The molecule has 2 N–H and O–H groups in total. The Kier molecular flexibility index (Phi) is 5.64. The molecule has 0 saturated heterocycles. The number of urea groups is 1. The summed E-state index contributed by atoms with van der Waals surface area (Å²) in [5.74, 6) is -0.894. The molecule has 1 fully saturated rings. The Morgan fingerprint density at radius 1 is 1.26 bits per heavy atom. The van der Waals surface area contributed by atoms with Crippen molar-refractivity contribution >= 4 is 12.0 Å². The topological polar surface area (TPSA) is 69.6 Å². The molecule has 2 rings (SSSR count). The maximum Gasteiger partial charge on any atom is 0.317 e. The first kappa shape index (κ1) is 17.3. The first-order valence-electron chi connectivity index (χ1n) is 8.24. The van der Waals surface area contributed by atoms with Gasteiger partial charge in [-0.15, -0.1) is 0 Å². The average Bonchev–Trinajstić information content (AvgIpc) is 3.04. The van der Waals surface area contributed by atoms with Crippen LogP contribution in [0, 0.1) is 0 Å². The van der Waals surface area contributed by atoms with Gasteiger partial charge in [-0.05, 0) is 25.3 Å². The molecule has 2 amide bonds. The first-order valence-corrected chi connectivity index (χ1v) is 8.24. The Hall–Kier alpha value is -2.04. The van der Waals surface area contributed by atoms with E-state index in [1.807, 2.05) is 18.2 Å². The van der Waals surface area contributed by atoms with Crippen LogP contribution < -0.4 is 5.32 Å². The zero-order valence-corrected chi connectivity index (χ0v) is 13.9. The Morgan fingerprint density at radius 2 is 1.87 bits per heavy atom. The van der Waals surface area contributed by atoms with E-state index in [4.69, 9.17) is 5.11 Å². The highest BCUT2D eigenvalue weighted by Gasteiger charge is 2.41. The fourth-order valence-corrected chi connectivity index (χ4v) is 3.55. The molecular formula is C18H26N2O3. The Bertz CT molecular complexity index is 538. The fourth-order valence-electron chi connectivity index (χ4n) is 3.55. The van der Waals surface area contributed by atoms with E-state index in [1.165, 1.54) is 23.3 Å². The smallest absolute Gasteiger partial charge is 0.317 e. The third-order valence-electron chi connectivity index (χ3n) is 5.02. The van der Waals surface area contributed by atoms with Gasteiger partial charge in [-0.25, -0.2) is 4.79 Å². The van der Waals surface area contributed by atoms with Crippen molar-refractivity contribution in [1.82, 2.24) is 10.2 Å². The minimum absolute atomic E-state index is 0.00665. The van der Waals surface area contributed by atoms with Gasteiger partial charge in [-0.3, -0.25) is 4.79 Å². The number of benzene rings is 1. The lowest BCUT2D eigenvalue weighted by molar-refractivity contribution is -0.137. The summed E-state index contributed by atoms with van der Waals surface area (Å²) in [7, 11) is 1.63. The number of carbonyl (C=O) groups excluding carboxylic acids is 1. The summed E-state index contributed by atoms with van der Waals surface area (Å²) in [4.78, 5) is 24.4. The highest BCUT2D eigenvalue weighted by atomic mass is 16.4. The SMILES string of the molecule is CC(NC(=O)N(C)CCC(=O)O)C1(c2ccccc2)CCCC1. The third-order valence-corrected chi connectivity index (χ3v) is 5.02. The molecule has 0 spiro atoms. The molecule has 0 aliphatic heterocycles. The van der Waals surface area contributed by atoms with Crippen molar-refractivity contribution in [2.75, 3.05) is 13.6 Å². The lowest BCUT2D eigenvalue weighted by Crippen LogP contribution is -2.51. The molecule has 1 aliphatic rings. The average molecular weight is 318 g/mol. The number of hydrogen-bond acceptors (Lipinski definition) is 2. The molecule has 0 radical (unpaired) electrons. The van der Waals surface area contributed by atoms with Crippen LogP contribution in [-0.2, 0) is 10.2 Å². The van der Waals surface area contributed by atoms with Gasteiger partial charge in [0.05, 0.1) is 6.42 Å².